The molecular weight excluding hydrogens is 351 g/mol. The minimum Gasteiger partial charge on any atom is -0.372 e. The summed E-state index contributed by atoms with van der Waals surface area (Å²) in [6.45, 7) is 4.47. The fourth-order valence-electron chi connectivity index (χ4n) is 3.00. The van der Waals surface area contributed by atoms with Crippen molar-refractivity contribution in [3.63, 3.8) is 0 Å². The molecule has 0 spiro atoms. The zero-order valence-electron chi connectivity index (χ0n) is 13.7. The maximum Gasteiger partial charge on any atom is 0.417 e. The Hall–Kier alpha value is -2.11. The molecule has 1 aliphatic rings. The van der Waals surface area contributed by atoms with Crippen LogP contribution in [0.2, 0.25) is 0 Å². The van der Waals surface area contributed by atoms with E-state index in [1.807, 2.05) is 13.8 Å². The number of halogens is 3. The fourth-order valence-corrected chi connectivity index (χ4v) is 3.68. The second-order valence-corrected chi connectivity index (χ2v) is 6.95. The molecule has 25 heavy (non-hydrogen) atoms. The van der Waals surface area contributed by atoms with Crippen molar-refractivity contribution in [1.82, 2.24) is 4.98 Å². The Bertz CT molecular complexity index is 789. The summed E-state index contributed by atoms with van der Waals surface area (Å²) >= 11 is 1.31. The lowest BCUT2D eigenvalue weighted by atomic mass is 10.1. The lowest BCUT2D eigenvalue weighted by Gasteiger charge is -2.36. The van der Waals surface area contributed by atoms with Gasteiger partial charge in [-0.1, -0.05) is 6.07 Å². The second-order valence-electron chi connectivity index (χ2n) is 6.00. The van der Waals surface area contributed by atoms with Gasteiger partial charge >= 0.3 is 6.18 Å². The van der Waals surface area contributed by atoms with Crippen LogP contribution in [0.15, 0.2) is 23.6 Å². The molecular formula is C17H16F3N3OS. The maximum atomic E-state index is 13.5. The quantitative estimate of drug-likeness (QED) is 0.793. The molecule has 8 heteroatoms. The van der Waals surface area contributed by atoms with Gasteiger partial charge in [-0.25, -0.2) is 4.98 Å². The van der Waals surface area contributed by atoms with E-state index in [4.69, 9.17) is 4.74 Å². The monoisotopic (exact) mass is 367 g/mol. The zero-order valence-corrected chi connectivity index (χ0v) is 14.5. The van der Waals surface area contributed by atoms with Crippen molar-refractivity contribution in [1.29, 1.82) is 5.26 Å². The first-order chi connectivity index (χ1) is 11.8. The molecule has 0 N–H and O–H groups in total. The van der Waals surface area contributed by atoms with Crippen molar-refractivity contribution in [2.75, 3.05) is 18.0 Å². The van der Waals surface area contributed by atoms with Crippen molar-refractivity contribution in [3.8, 4) is 16.6 Å². The van der Waals surface area contributed by atoms with Gasteiger partial charge in [-0.3, -0.25) is 0 Å². The Kier molecular flexibility index (Phi) is 4.71. The summed E-state index contributed by atoms with van der Waals surface area (Å²) in [5, 5.41) is 11.2. The van der Waals surface area contributed by atoms with Gasteiger partial charge in [0.1, 0.15) is 17.5 Å². The van der Waals surface area contributed by atoms with Gasteiger partial charge in [-0.15, -0.1) is 11.3 Å². The van der Waals surface area contributed by atoms with Gasteiger partial charge < -0.3 is 9.64 Å². The smallest absolute Gasteiger partial charge is 0.372 e. The third kappa shape index (κ3) is 3.62. The van der Waals surface area contributed by atoms with Crippen LogP contribution in [-0.2, 0) is 10.9 Å². The van der Waals surface area contributed by atoms with E-state index < -0.39 is 17.3 Å². The highest BCUT2D eigenvalue weighted by Gasteiger charge is 2.38. The molecule has 132 valence electrons. The molecule has 3 heterocycles. The maximum absolute atomic E-state index is 13.5. The Morgan fingerprint density at radius 2 is 2.00 bits per heavy atom. The topological polar surface area (TPSA) is 49.2 Å². The number of nitrogens with zero attached hydrogens (tertiary/aromatic N) is 3. The Morgan fingerprint density at radius 3 is 2.52 bits per heavy atom. The summed E-state index contributed by atoms with van der Waals surface area (Å²) in [7, 11) is 0. The molecule has 0 unspecified atom stereocenters. The number of ether oxygens (including phenoxy) is 1. The third-order valence-corrected chi connectivity index (χ3v) is 4.80. The molecule has 0 bridgehead atoms. The number of hydrogen-bond acceptors (Lipinski definition) is 5. The van der Waals surface area contributed by atoms with Crippen LogP contribution in [0, 0.1) is 11.3 Å². The standard InChI is InChI=1S/C17H16F3N3OS/c1-10-8-23(9-11(2)24-10)16-12(7-21)13(17(18,19)20)6-14(22-16)15-4-3-5-25-15/h3-6,10-11H,8-9H2,1-2H3/t10-,11+. The Labute approximate surface area is 147 Å². The molecule has 0 amide bonds. The van der Waals surface area contributed by atoms with Gasteiger partial charge in [-0.2, -0.15) is 18.4 Å². The minimum atomic E-state index is -4.63. The van der Waals surface area contributed by atoms with Gasteiger partial charge in [-0.05, 0) is 31.4 Å². The van der Waals surface area contributed by atoms with E-state index in [2.05, 4.69) is 4.98 Å². The highest BCUT2D eigenvalue weighted by atomic mass is 32.1. The Balaban J connectivity index is 2.18. The number of pyridine rings is 1. The van der Waals surface area contributed by atoms with E-state index in [0.29, 0.717) is 18.0 Å². The van der Waals surface area contributed by atoms with E-state index in [-0.39, 0.29) is 23.7 Å². The average molecular weight is 367 g/mol. The lowest BCUT2D eigenvalue weighted by molar-refractivity contribution is -0.137. The highest BCUT2D eigenvalue weighted by molar-refractivity contribution is 7.13. The number of thiophene rings is 1. The number of anilines is 1. The van der Waals surface area contributed by atoms with Crippen LogP contribution in [0.5, 0.6) is 0 Å². The van der Waals surface area contributed by atoms with Crippen LogP contribution in [0.1, 0.15) is 25.0 Å². The summed E-state index contributed by atoms with van der Waals surface area (Å²) in [5.41, 5.74) is -1.16. The number of rotatable bonds is 2. The Morgan fingerprint density at radius 1 is 1.32 bits per heavy atom. The zero-order chi connectivity index (χ0) is 18.2. The van der Waals surface area contributed by atoms with E-state index in [9.17, 15) is 18.4 Å². The number of morpholine rings is 1. The van der Waals surface area contributed by atoms with Gasteiger partial charge in [0.25, 0.3) is 0 Å². The predicted octanol–water partition coefficient (Wildman–Crippen LogP) is 4.31. The van der Waals surface area contributed by atoms with E-state index >= 15 is 0 Å². The molecule has 2 aromatic heterocycles. The average Bonchev–Trinajstić information content (AvgIpc) is 3.06. The van der Waals surface area contributed by atoms with Gasteiger partial charge in [0.15, 0.2) is 0 Å². The molecule has 0 aliphatic carbocycles. The van der Waals surface area contributed by atoms with Crippen LogP contribution in [0.25, 0.3) is 10.6 Å². The second kappa shape index (κ2) is 6.65. The van der Waals surface area contributed by atoms with Gasteiger partial charge in [0.2, 0.25) is 0 Å². The van der Waals surface area contributed by atoms with E-state index in [1.54, 1.807) is 28.5 Å². The molecule has 3 rings (SSSR count). The molecule has 0 saturated carbocycles. The number of alkyl halides is 3. The molecule has 1 saturated heterocycles. The van der Waals surface area contributed by atoms with Crippen LogP contribution in [-0.4, -0.2) is 30.3 Å². The summed E-state index contributed by atoms with van der Waals surface area (Å²) < 4.78 is 46.3. The molecule has 4 nitrogen and oxygen atoms in total. The largest absolute Gasteiger partial charge is 0.417 e. The summed E-state index contributed by atoms with van der Waals surface area (Å²) in [4.78, 5) is 6.75. The van der Waals surface area contributed by atoms with Crippen LogP contribution in [0.4, 0.5) is 19.0 Å². The van der Waals surface area contributed by atoms with Crippen molar-refractivity contribution in [2.45, 2.75) is 32.2 Å². The summed E-state index contributed by atoms with van der Waals surface area (Å²) in [6, 6.07) is 6.14. The summed E-state index contributed by atoms with van der Waals surface area (Å²) in [5.74, 6) is 0.0720. The first kappa shape index (κ1) is 17.7. The van der Waals surface area contributed by atoms with Crippen molar-refractivity contribution in [2.24, 2.45) is 0 Å². The lowest BCUT2D eigenvalue weighted by Crippen LogP contribution is -2.46. The first-order valence-electron chi connectivity index (χ1n) is 7.76. The SMILES string of the molecule is C[C@@H]1CN(c2nc(-c3cccs3)cc(C(F)(F)F)c2C#N)C[C@H](C)O1. The van der Waals surface area contributed by atoms with Crippen LogP contribution in [0.3, 0.4) is 0 Å². The number of hydrogen-bond donors (Lipinski definition) is 0. The highest BCUT2D eigenvalue weighted by Crippen LogP contribution is 2.39. The van der Waals surface area contributed by atoms with Crippen molar-refractivity contribution >= 4 is 17.2 Å². The van der Waals surface area contributed by atoms with Crippen molar-refractivity contribution in [3.05, 3.63) is 34.7 Å². The number of aromatic nitrogens is 1. The van der Waals surface area contributed by atoms with Crippen LogP contribution < -0.4 is 4.90 Å². The van der Waals surface area contributed by atoms with Crippen LogP contribution >= 0.6 is 11.3 Å². The van der Waals surface area contributed by atoms with Crippen molar-refractivity contribution < 1.29 is 17.9 Å². The van der Waals surface area contributed by atoms with Gasteiger partial charge in [0.05, 0.1) is 28.3 Å². The predicted molar refractivity (Wildman–Crippen MR) is 89.5 cm³/mol. The fraction of sp³-hybridized carbons (Fsp3) is 0.412. The van der Waals surface area contributed by atoms with E-state index in [1.165, 1.54) is 11.3 Å². The first-order valence-corrected chi connectivity index (χ1v) is 8.64. The number of nitriles is 1. The third-order valence-electron chi connectivity index (χ3n) is 3.91. The molecule has 2 aromatic rings. The summed E-state index contributed by atoms with van der Waals surface area (Å²) in [6.07, 6.45) is -4.94. The molecule has 0 aromatic carbocycles. The minimum absolute atomic E-state index is 0.0720. The molecule has 1 fully saturated rings. The molecule has 1 aliphatic heterocycles. The van der Waals surface area contributed by atoms with Gasteiger partial charge in [0, 0.05) is 13.1 Å². The van der Waals surface area contributed by atoms with E-state index in [0.717, 1.165) is 6.07 Å². The molecule has 0 radical (unpaired) electrons. The normalized spacial score (nSPS) is 21.2. The molecule has 2 atom stereocenters.